The Morgan fingerprint density at radius 2 is 2.10 bits per heavy atom. The number of nitrogens with zero attached hydrogens (tertiary/aromatic N) is 7. The molecule has 1 fully saturated rings. The first-order valence-corrected chi connectivity index (χ1v) is 10.2. The van der Waals surface area contributed by atoms with Gasteiger partial charge in [0.05, 0.1) is 36.3 Å². The number of rotatable bonds is 6. The second-order valence-corrected chi connectivity index (χ2v) is 7.34. The van der Waals surface area contributed by atoms with E-state index in [0.29, 0.717) is 24.5 Å². The van der Waals surface area contributed by atoms with Crippen molar-refractivity contribution in [2.45, 2.75) is 6.54 Å². The molecule has 4 aromatic heterocycles. The van der Waals surface area contributed by atoms with E-state index in [2.05, 4.69) is 31.4 Å². The van der Waals surface area contributed by atoms with Crippen LogP contribution in [0.25, 0.3) is 16.6 Å². The molecule has 1 saturated heterocycles. The summed E-state index contributed by atoms with van der Waals surface area (Å²) in [4.78, 5) is 11.0. The maximum atomic E-state index is 9.56. The van der Waals surface area contributed by atoms with Crippen LogP contribution in [0.4, 0.5) is 5.82 Å². The van der Waals surface area contributed by atoms with E-state index in [1.165, 1.54) is 0 Å². The van der Waals surface area contributed by atoms with E-state index in [1.807, 2.05) is 35.2 Å². The Kier molecular flexibility index (Phi) is 5.21. The van der Waals surface area contributed by atoms with E-state index < -0.39 is 0 Å². The van der Waals surface area contributed by atoms with Crippen LogP contribution in [0.3, 0.4) is 0 Å². The molecule has 1 aliphatic heterocycles. The summed E-state index contributed by atoms with van der Waals surface area (Å²) in [6.07, 6.45) is 10.6. The van der Waals surface area contributed by atoms with Crippen molar-refractivity contribution in [2.75, 3.05) is 37.7 Å². The number of piperazine rings is 1. The molecule has 9 heteroatoms. The van der Waals surface area contributed by atoms with Crippen LogP contribution in [0, 0.1) is 11.3 Å². The molecule has 9 nitrogen and oxygen atoms in total. The number of nitriles is 1. The van der Waals surface area contributed by atoms with Crippen molar-refractivity contribution in [1.29, 1.82) is 5.26 Å². The van der Waals surface area contributed by atoms with Crippen LogP contribution in [-0.2, 0) is 6.54 Å². The molecule has 31 heavy (non-hydrogen) atoms. The van der Waals surface area contributed by atoms with Crippen LogP contribution in [0.5, 0.6) is 5.75 Å². The summed E-state index contributed by atoms with van der Waals surface area (Å²) in [7, 11) is 0. The van der Waals surface area contributed by atoms with Crippen molar-refractivity contribution in [3.05, 3.63) is 61.1 Å². The lowest BCUT2D eigenvalue weighted by molar-refractivity contribution is 0.296. The molecule has 1 aliphatic rings. The van der Waals surface area contributed by atoms with E-state index in [4.69, 9.17) is 4.74 Å². The molecule has 4 aromatic rings. The molecule has 156 valence electrons. The predicted molar refractivity (Wildman–Crippen MR) is 116 cm³/mol. The molecule has 0 spiro atoms. The molecular formula is C22H22N8O. The molecule has 0 bridgehead atoms. The van der Waals surface area contributed by atoms with Crippen molar-refractivity contribution in [2.24, 2.45) is 0 Å². The van der Waals surface area contributed by atoms with Crippen LogP contribution in [-0.4, -0.2) is 56.9 Å². The zero-order chi connectivity index (χ0) is 21.0. The maximum Gasteiger partial charge on any atom is 0.138 e. The van der Waals surface area contributed by atoms with Gasteiger partial charge in [-0.3, -0.25) is 0 Å². The fourth-order valence-corrected chi connectivity index (χ4v) is 3.79. The monoisotopic (exact) mass is 414 g/mol. The molecular weight excluding hydrogens is 392 g/mol. The Morgan fingerprint density at radius 1 is 1.19 bits per heavy atom. The lowest BCUT2D eigenvalue weighted by Crippen LogP contribution is -2.43. The van der Waals surface area contributed by atoms with Gasteiger partial charge in [0.2, 0.25) is 0 Å². The first kappa shape index (κ1) is 19.1. The van der Waals surface area contributed by atoms with Crippen molar-refractivity contribution < 1.29 is 4.74 Å². The number of pyridine rings is 2. The van der Waals surface area contributed by atoms with Crippen molar-refractivity contribution in [1.82, 2.24) is 29.5 Å². The first-order valence-electron chi connectivity index (χ1n) is 10.2. The summed E-state index contributed by atoms with van der Waals surface area (Å²) in [6.45, 7) is 4.99. The zero-order valence-electron chi connectivity index (χ0n) is 17.0. The maximum absolute atomic E-state index is 9.56. The number of aromatic nitrogens is 5. The van der Waals surface area contributed by atoms with E-state index in [1.54, 1.807) is 29.4 Å². The summed E-state index contributed by atoms with van der Waals surface area (Å²) < 4.78 is 9.64. The van der Waals surface area contributed by atoms with Crippen LogP contribution in [0.15, 0.2) is 55.5 Å². The predicted octanol–water partition coefficient (Wildman–Crippen LogP) is 1.95. The Labute approximate surface area is 179 Å². The standard InChI is InChI=1S/C22H22N8O/c23-12-18-14-27-30-15-19(31-10-9-28-6-3-25-16-28)11-20(22(18)30)17-1-2-21(26-13-17)29-7-4-24-5-8-29/h1-3,6,11,13-16,24H,4-5,7-10H2. The third-order valence-corrected chi connectivity index (χ3v) is 5.38. The van der Waals surface area contributed by atoms with E-state index >= 15 is 0 Å². The molecule has 0 aromatic carbocycles. The molecule has 0 saturated carbocycles. The Morgan fingerprint density at radius 3 is 2.84 bits per heavy atom. The summed E-state index contributed by atoms with van der Waals surface area (Å²) in [5.74, 6) is 1.64. The summed E-state index contributed by atoms with van der Waals surface area (Å²) in [5.41, 5.74) is 3.06. The number of anilines is 1. The average molecular weight is 414 g/mol. The molecule has 0 amide bonds. The Bertz CT molecular complexity index is 1200. The van der Waals surface area contributed by atoms with Gasteiger partial charge >= 0.3 is 0 Å². The number of fused-ring (bicyclic) bond motifs is 1. The minimum atomic E-state index is 0.494. The van der Waals surface area contributed by atoms with Gasteiger partial charge in [0.15, 0.2) is 0 Å². The topological polar surface area (TPSA) is 96.3 Å². The Balaban J connectivity index is 1.45. The molecule has 5 heterocycles. The third kappa shape index (κ3) is 3.93. The van der Waals surface area contributed by atoms with E-state index in [0.717, 1.165) is 48.6 Å². The molecule has 0 atom stereocenters. The van der Waals surface area contributed by atoms with Crippen molar-refractivity contribution in [3.8, 4) is 22.9 Å². The van der Waals surface area contributed by atoms with Crippen LogP contribution in [0.1, 0.15) is 5.56 Å². The molecule has 0 aliphatic carbocycles. The van der Waals surface area contributed by atoms with Gasteiger partial charge in [-0.1, -0.05) is 0 Å². The largest absolute Gasteiger partial charge is 0.490 e. The lowest BCUT2D eigenvalue weighted by Gasteiger charge is -2.28. The highest BCUT2D eigenvalue weighted by Gasteiger charge is 2.16. The lowest BCUT2D eigenvalue weighted by atomic mass is 10.1. The minimum absolute atomic E-state index is 0.494. The highest BCUT2D eigenvalue weighted by molar-refractivity contribution is 5.85. The summed E-state index contributed by atoms with van der Waals surface area (Å²) >= 11 is 0. The van der Waals surface area contributed by atoms with Crippen LogP contribution < -0.4 is 15.0 Å². The van der Waals surface area contributed by atoms with Crippen molar-refractivity contribution >= 4 is 11.3 Å². The summed E-state index contributed by atoms with van der Waals surface area (Å²) in [5, 5.41) is 17.3. The van der Waals surface area contributed by atoms with E-state index in [-0.39, 0.29) is 0 Å². The minimum Gasteiger partial charge on any atom is -0.490 e. The van der Waals surface area contributed by atoms with Crippen molar-refractivity contribution in [3.63, 3.8) is 0 Å². The molecule has 5 rings (SSSR count). The van der Waals surface area contributed by atoms with E-state index in [9.17, 15) is 5.26 Å². The first-order chi connectivity index (χ1) is 15.3. The quantitative estimate of drug-likeness (QED) is 0.515. The SMILES string of the molecule is N#Cc1cnn2cc(OCCn3ccnc3)cc(-c3ccc(N4CCNCC4)nc3)c12. The molecule has 1 N–H and O–H groups in total. The Hall–Kier alpha value is -3.90. The van der Waals surface area contributed by atoms with Gasteiger partial charge < -0.3 is 19.5 Å². The second-order valence-electron chi connectivity index (χ2n) is 7.34. The molecule has 0 radical (unpaired) electrons. The fourth-order valence-electron chi connectivity index (χ4n) is 3.79. The summed E-state index contributed by atoms with van der Waals surface area (Å²) in [6, 6.07) is 8.26. The second kappa shape index (κ2) is 8.45. The number of ether oxygens (including phenoxy) is 1. The number of imidazole rings is 1. The fraction of sp³-hybridized carbons (Fsp3) is 0.273. The smallest absolute Gasteiger partial charge is 0.138 e. The van der Waals surface area contributed by atoms with Gasteiger partial charge in [0, 0.05) is 55.9 Å². The zero-order valence-corrected chi connectivity index (χ0v) is 17.0. The average Bonchev–Trinajstić information content (AvgIpc) is 3.49. The number of nitrogens with one attached hydrogen (secondary N) is 1. The number of hydrogen-bond donors (Lipinski definition) is 1. The third-order valence-electron chi connectivity index (χ3n) is 5.38. The normalized spacial score (nSPS) is 14.0. The molecule has 0 unspecified atom stereocenters. The van der Waals surface area contributed by atoms with Gasteiger partial charge in [0.1, 0.15) is 24.2 Å². The van der Waals surface area contributed by atoms with Gasteiger partial charge in [-0.25, -0.2) is 14.5 Å². The van der Waals surface area contributed by atoms with Crippen LogP contribution >= 0.6 is 0 Å². The van der Waals surface area contributed by atoms with Crippen LogP contribution in [0.2, 0.25) is 0 Å². The van der Waals surface area contributed by atoms with Gasteiger partial charge in [0.25, 0.3) is 0 Å². The van der Waals surface area contributed by atoms with Gasteiger partial charge in [-0.2, -0.15) is 10.4 Å². The highest BCUT2D eigenvalue weighted by atomic mass is 16.5. The number of hydrogen-bond acceptors (Lipinski definition) is 7. The highest BCUT2D eigenvalue weighted by Crippen LogP contribution is 2.31. The van der Waals surface area contributed by atoms with Gasteiger partial charge in [-0.05, 0) is 18.2 Å². The van der Waals surface area contributed by atoms with Gasteiger partial charge in [-0.15, -0.1) is 0 Å².